The summed E-state index contributed by atoms with van der Waals surface area (Å²) in [4.78, 5) is 0. The van der Waals surface area contributed by atoms with Crippen molar-refractivity contribution in [3.63, 3.8) is 0 Å². The molecule has 1 aliphatic rings. The van der Waals surface area contributed by atoms with E-state index in [1.54, 1.807) is 6.08 Å². The maximum Gasteiger partial charge on any atom is 0.0704 e. The van der Waals surface area contributed by atoms with Crippen LogP contribution in [0.2, 0.25) is 0 Å². The molecule has 0 radical (unpaired) electrons. The van der Waals surface area contributed by atoms with Crippen LogP contribution in [0.4, 0.5) is 0 Å². The summed E-state index contributed by atoms with van der Waals surface area (Å²) in [6.07, 6.45) is 1.77. The second-order valence-electron chi connectivity index (χ2n) is 1.66. The van der Waals surface area contributed by atoms with Crippen LogP contribution in [0.15, 0.2) is 11.2 Å². The number of nitrogens with zero attached hydrogens (tertiary/aromatic N) is 2. The molecular formula is C4H8N4. The lowest BCUT2D eigenvalue weighted by molar-refractivity contribution is 0.162. The Labute approximate surface area is 47.6 Å². The number of nitrogens with two attached hydrogens (primary N) is 1. The molecule has 0 aromatic carbocycles. The highest BCUT2D eigenvalue weighted by atomic mass is 15.8. The van der Waals surface area contributed by atoms with E-state index in [0.717, 1.165) is 0 Å². The van der Waals surface area contributed by atoms with E-state index in [9.17, 15) is 0 Å². The van der Waals surface area contributed by atoms with Gasteiger partial charge < -0.3 is 0 Å². The van der Waals surface area contributed by atoms with Gasteiger partial charge >= 0.3 is 0 Å². The molecule has 0 aliphatic carbocycles. The summed E-state index contributed by atoms with van der Waals surface area (Å²) in [6, 6.07) is 0.174. The SMILES string of the molecule is CC1C=C=NNN1N. The van der Waals surface area contributed by atoms with Gasteiger partial charge in [0.2, 0.25) is 0 Å². The molecule has 0 amide bonds. The molecule has 8 heavy (non-hydrogen) atoms. The molecule has 0 saturated carbocycles. The minimum atomic E-state index is 0.174. The van der Waals surface area contributed by atoms with Crippen molar-refractivity contribution >= 4 is 5.87 Å². The number of hydrazine groups is 2. The van der Waals surface area contributed by atoms with E-state index in [4.69, 9.17) is 5.84 Å². The van der Waals surface area contributed by atoms with Gasteiger partial charge in [0.15, 0.2) is 0 Å². The van der Waals surface area contributed by atoms with E-state index in [1.165, 1.54) is 5.12 Å². The maximum absolute atomic E-state index is 5.34. The summed E-state index contributed by atoms with van der Waals surface area (Å²) in [6.45, 7) is 1.94. The van der Waals surface area contributed by atoms with Gasteiger partial charge in [0.25, 0.3) is 0 Å². The Morgan fingerprint density at radius 3 is 3.12 bits per heavy atom. The van der Waals surface area contributed by atoms with E-state index in [0.29, 0.717) is 0 Å². The Bertz CT molecular complexity index is 135. The molecule has 0 aromatic heterocycles. The van der Waals surface area contributed by atoms with Crippen LogP contribution < -0.4 is 11.4 Å². The van der Waals surface area contributed by atoms with E-state index in [-0.39, 0.29) is 6.04 Å². The van der Waals surface area contributed by atoms with Crippen LogP contribution in [0.3, 0.4) is 0 Å². The number of hydrogen-bond acceptors (Lipinski definition) is 4. The molecule has 1 rings (SSSR count). The molecule has 1 atom stereocenters. The number of hydrazone groups is 1. The minimum Gasteiger partial charge on any atom is -0.249 e. The molecule has 1 unspecified atom stereocenters. The number of rotatable bonds is 0. The molecule has 0 fully saturated rings. The number of hydrogen-bond donors (Lipinski definition) is 2. The molecule has 4 nitrogen and oxygen atoms in total. The van der Waals surface area contributed by atoms with Gasteiger partial charge in [0.05, 0.1) is 6.04 Å². The van der Waals surface area contributed by atoms with Crippen LogP contribution in [0.5, 0.6) is 0 Å². The lowest BCUT2D eigenvalue weighted by Gasteiger charge is -2.20. The summed E-state index contributed by atoms with van der Waals surface area (Å²) in [5.41, 5.74) is 2.53. The Hall–Kier alpha value is -0.830. The summed E-state index contributed by atoms with van der Waals surface area (Å²) >= 11 is 0. The molecule has 0 bridgehead atoms. The first-order valence-electron chi connectivity index (χ1n) is 2.39. The fourth-order valence-electron chi connectivity index (χ4n) is 0.403. The fourth-order valence-corrected chi connectivity index (χ4v) is 0.403. The van der Waals surface area contributed by atoms with Crippen molar-refractivity contribution in [2.45, 2.75) is 13.0 Å². The van der Waals surface area contributed by atoms with Gasteiger partial charge in [-0.25, -0.2) is 11.4 Å². The monoisotopic (exact) mass is 112 g/mol. The van der Waals surface area contributed by atoms with Crippen LogP contribution in [0, 0.1) is 0 Å². The molecule has 1 aliphatic heterocycles. The van der Waals surface area contributed by atoms with Crippen molar-refractivity contribution in [3.8, 4) is 0 Å². The van der Waals surface area contributed by atoms with Crippen molar-refractivity contribution in [2.24, 2.45) is 10.9 Å². The second kappa shape index (κ2) is 1.96. The van der Waals surface area contributed by atoms with Crippen LogP contribution in [-0.4, -0.2) is 17.0 Å². The molecular weight excluding hydrogens is 104 g/mol. The van der Waals surface area contributed by atoms with E-state index < -0.39 is 0 Å². The van der Waals surface area contributed by atoms with E-state index in [2.05, 4.69) is 16.5 Å². The molecule has 3 N–H and O–H groups in total. The maximum atomic E-state index is 5.34. The number of nitrogens with one attached hydrogen (secondary N) is 1. The fraction of sp³-hybridized carbons (Fsp3) is 0.500. The van der Waals surface area contributed by atoms with Crippen LogP contribution >= 0.6 is 0 Å². The Kier molecular flexibility index (Phi) is 1.30. The average Bonchev–Trinajstić information content (AvgIpc) is 1.77. The van der Waals surface area contributed by atoms with Gasteiger partial charge in [-0.1, -0.05) is 0 Å². The highest BCUT2D eigenvalue weighted by Gasteiger charge is 2.05. The van der Waals surface area contributed by atoms with Crippen molar-refractivity contribution in [2.75, 3.05) is 0 Å². The predicted molar refractivity (Wildman–Crippen MR) is 30.6 cm³/mol. The van der Waals surface area contributed by atoms with E-state index >= 15 is 0 Å². The molecule has 0 spiro atoms. The first-order chi connectivity index (χ1) is 3.80. The first kappa shape index (κ1) is 5.31. The van der Waals surface area contributed by atoms with Gasteiger partial charge in [0.1, 0.15) is 0 Å². The Balaban J connectivity index is 2.62. The molecule has 1 heterocycles. The van der Waals surface area contributed by atoms with Crippen molar-refractivity contribution in [1.82, 2.24) is 10.7 Å². The zero-order valence-corrected chi connectivity index (χ0v) is 4.63. The topological polar surface area (TPSA) is 53.7 Å². The third-order valence-corrected chi connectivity index (χ3v) is 0.985. The predicted octanol–water partition coefficient (Wildman–Crippen LogP) is -0.790. The largest absolute Gasteiger partial charge is 0.249 e. The standard InChI is InChI=1S/C4H8N4/c1-4-2-3-6-7-8(4)5/h2,4,7H,5H2,1H3. The summed E-state index contributed by atoms with van der Waals surface area (Å²) in [5, 5.41) is 4.95. The highest BCUT2D eigenvalue weighted by molar-refractivity contribution is 5.52. The molecule has 4 heteroatoms. The van der Waals surface area contributed by atoms with Crippen LogP contribution in [-0.2, 0) is 0 Å². The Morgan fingerprint density at radius 1 is 2.00 bits per heavy atom. The van der Waals surface area contributed by atoms with Gasteiger partial charge in [-0.15, -0.1) is 10.2 Å². The normalized spacial score (nSPS) is 28.0. The van der Waals surface area contributed by atoms with Gasteiger partial charge in [-0.2, -0.15) is 0 Å². The third kappa shape index (κ3) is 0.869. The van der Waals surface area contributed by atoms with Crippen LogP contribution in [0.1, 0.15) is 6.92 Å². The average molecular weight is 112 g/mol. The minimum absolute atomic E-state index is 0.174. The summed E-state index contributed by atoms with van der Waals surface area (Å²) in [5.74, 6) is 7.97. The van der Waals surface area contributed by atoms with Gasteiger partial charge in [-0.05, 0) is 13.0 Å². The lowest BCUT2D eigenvalue weighted by atomic mass is 10.3. The van der Waals surface area contributed by atoms with Gasteiger partial charge in [-0.3, -0.25) is 0 Å². The quantitative estimate of drug-likeness (QED) is 0.404. The van der Waals surface area contributed by atoms with E-state index in [1.807, 2.05) is 6.92 Å². The van der Waals surface area contributed by atoms with Crippen molar-refractivity contribution < 1.29 is 0 Å². The molecule has 0 aromatic rings. The smallest absolute Gasteiger partial charge is 0.0704 e. The van der Waals surface area contributed by atoms with Crippen molar-refractivity contribution in [1.29, 1.82) is 0 Å². The zero-order chi connectivity index (χ0) is 5.98. The lowest BCUT2D eigenvalue weighted by Crippen LogP contribution is -2.47. The first-order valence-corrected chi connectivity index (χ1v) is 2.39. The molecule has 0 saturated heterocycles. The summed E-state index contributed by atoms with van der Waals surface area (Å²) < 4.78 is 0. The summed E-state index contributed by atoms with van der Waals surface area (Å²) in [7, 11) is 0. The second-order valence-corrected chi connectivity index (χ2v) is 1.66. The van der Waals surface area contributed by atoms with Crippen LogP contribution in [0.25, 0.3) is 0 Å². The zero-order valence-electron chi connectivity index (χ0n) is 4.63. The molecule has 44 valence electrons. The third-order valence-electron chi connectivity index (χ3n) is 0.985. The van der Waals surface area contributed by atoms with Crippen molar-refractivity contribution in [3.05, 3.63) is 6.08 Å². The van der Waals surface area contributed by atoms with Gasteiger partial charge in [0, 0.05) is 5.87 Å². The Morgan fingerprint density at radius 2 is 2.75 bits per heavy atom. The highest BCUT2D eigenvalue weighted by Crippen LogP contribution is 1.89.